The quantitative estimate of drug-likeness (QED) is 0.858. The molecule has 84 valence electrons. The molecule has 2 nitrogen and oxygen atoms in total. The third-order valence-corrected chi connectivity index (χ3v) is 2.82. The lowest BCUT2D eigenvalue weighted by Gasteiger charge is -2.21. The molecule has 0 aromatic heterocycles. The van der Waals surface area contributed by atoms with Gasteiger partial charge in [0.05, 0.1) is 0 Å². The average molecular weight is 228 g/mol. The van der Waals surface area contributed by atoms with Gasteiger partial charge in [0.2, 0.25) is 0 Å². The number of benzene rings is 1. The Morgan fingerprint density at radius 3 is 2.53 bits per heavy atom. The largest absolute Gasteiger partial charge is 0.489 e. The number of rotatable bonds is 4. The maximum Gasteiger partial charge on any atom is 0.120 e. The molecule has 2 N–H and O–H groups in total. The van der Waals surface area contributed by atoms with Crippen molar-refractivity contribution < 1.29 is 4.74 Å². The van der Waals surface area contributed by atoms with Crippen molar-refractivity contribution in [3.05, 3.63) is 28.8 Å². The van der Waals surface area contributed by atoms with Crippen molar-refractivity contribution in [1.29, 1.82) is 0 Å². The van der Waals surface area contributed by atoms with E-state index >= 15 is 0 Å². The number of halogens is 1. The van der Waals surface area contributed by atoms with Crippen LogP contribution in [0.1, 0.15) is 19.4 Å². The molecule has 0 bridgehead atoms. The second-order valence-electron chi connectivity index (χ2n) is 4.05. The predicted octanol–water partition coefficient (Wildman–Crippen LogP) is 3.01. The normalized spacial score (nSPS) is 12.9. The molecule has 0 amide bonds. The van der Waals surface area contributed by atoms with Gasteiger partial charge in [-0.15, -0.1) is 0 Å². The lowest BCUT2D eigenvalue weighted by molar-refractivity contribution is 0.159. The van der Waals surface area contributed by atoms with E-state index in [0.717, 1.165) is 16.3 Å². The standard InChI is InChI=1S/C12H18ClNO/c1-8(2)12(7-14)15-10-4-5-11(13)9(3)6-10/h4-6,8,12H,7,14H2,1-3H3. The fourth-order valence-corrected chi connectivity index (χ4v) is 1.44. The fourth-order valence-electron chi connectivity index (χ4n) is 1.32. The van der Waals surface area contributed by atoms with Crippen molar-refractivity contribution in [2.75, 3.05) is 6.54 Å². The van der Waals surface area contributed by atoms with Gasteiger partial charge in [-0.25, -0.2) is 0 Å². The van der Waals surface area contributed by atoms with Gasteiger partial charge in [-0.05, 0) is 36.6 Å². The Labute approximate surface area is 96.4 Å². The first kappa shape index (κ1) is 12.3. The molecule has 0 fully saturated rings. The molecule has 0 spiro atoms. The molecular weight excluding hydrogens is 210 g/mol. The topological polar surface area (TPSA) is 35.2 Å². The van der Waals surface area contributed by atoms with Gasteiger partial charge >= 0.3 is 0 Å². The van der Waals surface area contributed by atoms with Gasteiger partial charge < -0.3 is 10.5 Å². The van der Waals surface area contributed by atoms with Crippen LogP contribution in [0.15, 0.2) is 18.2 Å². The number of hydrogen-bond donors (Lipinski definition) is 1. The van der Waals surface area contributed by atoms with Crippen molar-refractivity contribution in [3.63, 3.8) is 0 Å². The zero-order valence-corrected chi connectivity index (χ0v) is 10.2. The Hall–Kier alpha value is -0.730. The first-order valence-corrected chi connectivity index (χ1v) is 5.55. The maximum atomic E-state index is 5.93. The van der Waals surface area contributed by atoms with E-state index in [-0.39, 0.29) is 6.10 Å². The smallest absolute Gasteiger partial charge is 0.120 e. The molecule has 1 rings (SSSR count). The first-order chi connectivity index (χ1) is 7.04. The number of hydrogen-bond acceptors (Lipinski definition) is 2. The summed E-state index contributed by atoms with van der Waals surface area (Å²) < 4.78 is 5.78. The summed E-state index contributed by atoms with van der Waals surface area (Å²) in [5, 5.41) is 0.760. The highest BCUT2D eigenvalue weighted by Gasteiger charge is 2.13. The lowest BCUT2D eigenvalue weighted by Crippen LogP contribution is -2.31. The van der Waals surface area contributed by atoms with E-state index in [2.05, 4.69) is 13.8 Å². The van der Waals surface area contributed by atoms with Crippen LogP contribution in [-0.2, 0) is 0 Å². The first-order valence-electron chi connectivity index (χ1n) is 5.17. The number of nitrogens with two attached hydrogens (primary N) is 1. The van der Waals surface area contributed by atoms with E-state index < -0.39 is 0 Å². The molecule has 0 aliphatic heterocycles. The lowest BCUT2D eigenvalue weighted by atomic mass is 10.1. The summed E-state index contributed by atoms with van der Waals surface area (Å²) in [5.74, 6) is 1.24. The molecule has 0 saturated carbocycles. The van der Waals surface area contributed by atoms with E-state index in [1.807, 2.05) is 25.1 Å². The summed E-state index contributed by atoms with van der Waals surface area (Å²) >= 11 is 5.93. The fraction of sp³-hybridized carbons (Fsp3) is 0.500. The minimum atomic E-state index is 0.0607. The van der Waals surface area contributed by atoms with Gasteiger partial charge in [0, 0.05) is 11.6 Å². The Bertz CT molecular complexity index is 325. The van der Waals surface area contributed by atoms with Crippen LogP contribution in [0.25, 0.3) is 0 Å². The van der Waals surface area contributed by atoms with Crippen molar-refractivity contribution in [2.24, 2.45) is 11.7 Å². The van der Waals surface area contributed by atoms with Crippen molar-refractivity contribution >= 4 is 11.6 Å². The molecule has 0 heterocycles. The summed E-state index contributed by atoms with van der Waals surface area (Å²) in [5.41, 5.74) is 6.66. The monoisotopic (exact) mass is 227 g/mol. The van der Waals surface area contributed by atoms with E-state index in [0.29, 0.717) is 12.5 Å². The Morgan fingerprint density at radius 1 is 1.40 bits per heavy atom. The van der Waals surface area contributed by atoms with E-state index in [1.165, 1.54) is 0 Å². The highest BCUT2D eigenvalue weighted by atomic mass is 35.5. The van der Waals surface area contributed by atoms with Crippen LogP contribution in [0, 0.1) is 12.8 Å². The van der Waals surface area contributed by atoms with Crippen molar-refractivity contribution in [3.8, 4) is 5.75 Å². The Balaban J connectivity index is 2.75. The van der Waals surface area contributed by atoms with Gasteiger partial charge in [0.15, 0.2) is 0 Å². The summed E-state index contributed by atoms with van der Waals surface area (Å²) in [6, 6.07) is 5.66. The van der Waals surface area contributed by atoms with Crippen molar-refractivity contribution in [2.45, 2.75) is 26.9 Å². The SMILES string of the molecule is Cc1cc(OC(CN)C(C)C)ccc1Cl. The second-order valence-corrected chi connectivity index (χ2v) is 4.45. The predicted molar refractivity (Wildman–Crippen MR) is 64.5 cm³/mol. The van der Waals surface area contributed by atoms with Gasteiger partial charge in [-0.2, -0.15) is 0 Å². The van der Waals surface area contributed by atoms with Gasteiger partial charge in [-0.3, -0.25) is 0 Å². The molecule has 0 aliphatic carbocycles. The highest BCUT2D eigenvalue weighted by molar-refractivity contribution is 6.31. The Kier molecular flexibility index (Phi) is 4.43. The van der Waals surface area contributed by atoms with Crippen LogP contribution in [0.2, 0.25) is 5.02 Å². The minimum absolute atomic E-state index is 0.0607. The molecule has 0 aliphatic rings. The molecule has 15 heavy (non-hydrogen) atoms. The maximum absolute atomic E-state index is 5.93. The van der Waals surface area contributed by atoms with E-state index in [1.54, 1.807) is 0 Å². The second kappa shape index (κ2) is 5.38. The van der Waals surface area contributed by atoms with E-state index in [4.69, 9.17) is 22.1 Å². The zero-order valence-electron chi connectivity index (χ0n) is 9.46. The summed E-state index contributed by atoms with van der Waals surface area (Å²) in [6.07, 6.45) is 0.0607. The third-order valence-electron chi connectivity index (χ3n) is 2.39. The Morgan fingerprint density at radius 2 is 2.07 bits per heavy atom. The molecule has 1 aromatic rings. The molecular formula is C12H18ClNO. The van der Waals surface area contributed by atoms with Gasteiger partial charge in [-0.1, -0.05) is 25.4 Å². The zero-order chi connectivity index (χ0) is 11.4. The summed E-state index contributed by atoms with van der Waals surface area (Å²) in [4.78, 5) is 0. The average Bonchev–Trinajstić information content (AvgIpc) is 2.19. The molecule has 1 aromatic carbocycles. The summed E-state index contributed by atoms with van der Waals surface area (Å²) in [7, 11) is 0. The van der Waals surface area contributed by atoms with Crippen molar-refractivity contribution in [1.82, 2.24) is 0 Å². The van der Waals surface area contributed by atoms with E-state index in [9.17, 15) is 0 Å². The van der Waals surface area contributed by atoms with Crippen LogP contribution < -0.4 is 10.5 Å². The third kappa shape index (κ3) is 3.40. The molecule has 1 atom stereocenters. The number of aryl methyl sites for hydroxylation is 1. The molecule has 1 unspecified atom stereocenters. The highest BCUT2D eigenvalue weighted by Crippen LogP contribution is 2.22. The summed E-state index contributed by atoms with van der Waals surface area (Å²) in [6.45, 7) is 6.68. The molecule has 0 radical (unpaired) electrons. The van der Waals surface area contributed by atoms with Gasteiger partial charge in [0.25, 0.3) is 0 Å². The minimum Gasteiger partial charge on any atom is -0.489 e. The van der Waals surface area contributed by atoms with Gasteiger partial charge in [0.1, 0.15) is 11.9 Å². The van der Waals surface area contributed by atoms with Crippen LogP contribution in [0.3, 0.4) is 0 Å². The number of ether oxygens (including phenoxy) is 1. The van der Waals surface area contributed by atoms with Crippen LogP contribution in [0.5, 0.6) is 5.75 Å². The van der Waals surface area contributed by atoms with Crippen LogP contribution >= 0.6 is 11.6 Å². The molecule has 0 saturated heterocycles. The molecule has 3 heteroatoms. The van der Waals surface area contributed by atoms with Crippen LogP contribution in [0.4, 0.5) is 0 Å². The van der Waals surface area contributed by atoms with Crippen LogP contribution in [-0.4, -0.2) is 12.6 Å².